The molecule has 2 aromatic carbocycles. The van der Waals surface area contributed by atoms with E-state index in [-0.39, 0.29) is 17.7 Å². The lowest BCUT2D eigenvalue weighted by atomic mass is 10.1. The smallest absolute Gasteiger partial charge is 0.230 e. The molecule has 2 aromatic rings. The monoisotopic (exact) mass is 365 g/mol. The molecule has 0 saturated heterocycles. The van der Waals surface area contributed by atoms with Crippen molar-refractivity contribution in [2.75, 3.05) is 19.0 Å². The molecule has 0 spiro atoms. The Kier molecular flexibility index (Phi) is 5.43. The first-order valence-corrected chi connectivity index (χ1v) is 8.78. The van der Waals surface area contributed by atoms with Gasteiger partial charge in [-0.15, -0.1) is 11.8 Å². The second-order valence-corrected chi connectivity index (χ2v) is 6.61. The summed E-state index contributed by atoms with van der Waals surface area (Å²) in [4.78, 5) is 12.6. The molecule has 0 aromatic heterocycles. The van der Waals surface area contributed by atoms with E-state index in [1.807, 2.05) is 25.1 Å². The van der Waals surface area contributed by atoms with Crippen LogP contribution < -0.4 is 14.8 Å². The lowest BCUT2D eigenvalue weighted by molar-refractivity contribution is -0.119. The lowest BCUT2D eigenvalue weighted by Crippen LogP contribution is -2.28. The van der Waals surface area contributed by atoms with Gasteiger partial charge in [0.15, 0.2) is 23.1 Å². The number of hydrogen-bond donors (Lipinski definition) is 1. The maximum absolute atomic E-state index is 13.2. The number of hydrogen-bond acceptors (Lipinski definition) is 4. The van der Waals surface area contributed by atoms with Gasteiger partial charge in [-0.1, -0.05) is 6.07 Å². The molecule has 132 valence electrons. The Balaban J connectivity index is 1.56. The third kappa shape index (κ3) is 4.42. The molecule has 1 aliphatic rings. The molecule has 0 radical (unpaired) electrons. The maximum atomic E-state index is 13.2. The molecule has 0 unspecified atom stereocenters. The van der Waals surface area contributed by atoms with E-state index in [0.717, 1.165) is 29.5 Å². The van der Waals surface area contributed by atoms with Crippen molar-refractivity contribution < 1.29 is 23.0 Å². The Bertz CT molecular complexity index is 785. The highest BCUT2D eigenvalue weighted by Crippen LogP contribution is 2.32. The second kappa shape index (κ2) is 7.74. The minimum atomic E-state index is -0.921. The molecule has 1 N–H and O–H groups in total. The van der Waals surface area contributed by atoms with Crippen molar-refractivity contribution in [3.05, 3.63) is 53.6 Å². The van der Waals surface area contributed by atoms with E-state index in [2.05, 4.69) is 5.32 Å². The van der Waals surface area contributed by atoms with Crippen LogP contribution in [-0.4, -0.2) is 24.9 Å². The minimum Gasteiger partial charge on any atom is -0.486 e. The highest BCUT2D eigenvalue weighted by molar-refractivity contribution is 8.00. The molecule has 1 aliphatic heterocycles. The van der Waals surface area contributed by atoms with Gasteiger partial charge in [0, 0.05) is 4.90 Å². The largest absolute Gasteiger partial charge is 0.486 e. The Hall–Kier alpha value is -2.28. The number of nitrogens with one attached hydrogen (secondary N) is 1. The molecule has 4 nitrogen and oxygen atoms in total. The number of carbonyl (C=O) groups excluding carboxylic acids is 1. The summed E-state index contributed by atoms with van der Waals surface area (Å²) in [7, 11) is 0. The summed E-state index contributed by atoms with van der Waals surface area (Å²) >= 11 is 1.15. The van der Waals surface area contributed by atoms with Crippen LogP contribution in [0.4, 0.5) is 8.78 Å². The lowest BCUT2D eigenvalue weighted by Gasteiger charge is -2.21. The molecule has 1 heterocycles. The van der Waals surface area contributed by atoms with Gasteiger partial charge in [0.1, 0.15) is 13.2 Å². The zero-order valence-electron chi connectivity index (χ0n) is 13.6. The van der Waals surface area contributed by atoms with Crippen molar-refractivity contribution in [3.8, 4) is 11.5 Å². The van der Waals surface area contributed by atoms with Crippen molar-refractivity contribution in [1.29, 1.82) is 0 Å². The number of halogens is 2. The predicted molar refractivity (Wildman–Crippen MR) is 91.1 cm³/mol. The minimum absolute atomic E-state index is 0.111. The molecule has 0 bridgehead atoms. The second-order valence-electron chi connectivity index (χ2n) is 5.56. The first-order valence-electron chi connectivity index (χ1n) is 7.79. The normalized spacial score (nSPS) is 14.0. The molecule has 1 atom stereocenters. The van der Waals surface area contributed by atoms with Gasteiger partial charge in [-0.2, -0.15) is 0 Å². The molecule has 0 aliphatic carbocycles. The van der Waals surface area contributed by atoms with E-state index in [1.54, 1.807) is 0 Å². The van der Waals surface area contributed by atoms with Gasteiger partial charge in [-0.25, -0.2) is 8.78 Å². The number of benzene rings is 2. The van der Waals surface area contributed by atoms with E-state index in [0.29, 0.717) is 29.6 Å². The number of carbonyl (C=O) groups is 1. The average molecular weight is 365 g/mol. The van der Waals surface area contributed by atoms with E-state index in [4.69, 9.17) is 9.47 Å². The first kappa shape index (κ1) is 17.5. The van der Waals surface area contributed by atoms with Gasteiger partial charge < -0.3 is 14.8 Å². The van der Waals surface area contributed by atoms with Crippen molar-refractivity contribution in [2.24, 2.45) is 0 Å². The van der Waals surface area contributed by atoms with Crippen LogP contribution in [0.3, 0.4) is 0 Å². The zero-order valence-corrected chi connectivity index (χ0v) is 14.4. The summed E-state index contributed by atoms with van der Waals surface area (Å²) in [6, 6.07) is 8.91. The van der Waals surface area contributed by atoms with Gasteiger partial charge in [0.25, 0.3) is 0 Å². The van der Waals surface area contributed by atoms with Gasteiger partial charge >= 0.3 is 0 Å². The molecule has 7 heteroatoms. The van der Waals surface area contributed by atoms with E-state index >= 15 is 0 Å². The van der Waals surface area contributed by atoms with Gasteiger partial charge in [-0.3, -0.25) is 4.79 Å². The zero-order chi connectivity index (χ0) is 17.8. The van der Waals surface area contributed by atoms with Crippen LogP contribution in [0.5, 0.6) is 11.5 Å². The van der Waals surface area contributed by atoms with Crippen LogP contribution >= 0.6 is 11.8 Å². The highest BCUT2D eigenvalue weighted by atomic mass is 32.2. The van der Waals surface area contributed by atoms with Crippen LogP contribution in [0.15, 0.2) is 41.3 Å². The third-order valence-corrected chi connectivity index (χ3v) is 4.70. The molecular weight excluding hydrogens is 348 g/mol. The van der Waals surface area contributed by atoms with Crippen LogP contribution in [-0.2, 0) is 4.79 Å². The molecule has 25 heavy (non-hydrogen) atoms. The van der Waals surface area contributed by atoms with Gasteiger partial charge in [0.2, 0.25) is 5.91 Å². The van der Waals surface area contributed by atoms with Crippen LogP contribution in [0, 0.1) is 11.6 Å². The number of amides is 1. The van der Waals surface area contributed by atoms with Crippen LogP contribution in [0.1, 0.15) is 18.5 Å². The third-order valence-electron chi connectivity index (χ3n) is 3.70. The molecule has 0 fully saturated rings. The standard InChI is InChI=1S/C18H17F2NO3S/c1-11(12-2-5-16-17(8-12)24-7-6-23-16)21-18(22)10-25-13-3-4-14(19)15(20)9-13/h2-5,8-9,11H,6-7,10H2,1H3,(H,21,22)/t11-/m0/s1. The number of fused-ring (bicyclic) bond motifs is 1. The summed E-state index contributed by atoms with van der Waals surface area (Å²) in [6.07, 6.45) is 0. The Labute approximate surface area is 148 Å². The molecule has 1 amide bonds. The van der Waals surface area contributed by atoms with E-state index in [1.165, 1.54) is 6.07 Å². The van der Waals surface area contributed by atoms with Crippen LogP contribution in [0.2, 0.25) is 0 Å². The maximum Gasteiger partial charge on any atom is 0.230 e. The van der Waals surface area contributed by atoms with Crippen molar-refractivity contribution >= 4 is 17.7 Å². The van der Waals surface area contributed by atoms with Crippen molar-refractivity contribution in [2.45, 2.75) is 17.9 Å². The van der Waals surface area contributed by atoms with Gasteiger partial charge in [-0.05, 0) is 42.8 Å². The van der Waals surface area contributed by atoms with E-state index < -0.39 is 11.6 Å². The van der Waals surface area contributed by atoms with Crippen molar-refractivity contribution in [3.63, 3.8) is 0 Å². The van der Waals surface area contributed by atoms with Gasteiger partial charge in [0.05, 0.1) is 11.8 Å². The fourth-order valence-corrected chi connectivity index (χ4v) is 3.14. The molecule has 0 saturated carbocycles. The van der Waals surface area contributed by atoms with Crippen molar-refractivity contribution in [1.82, 2.24) is 5.32 Å². The summed E-state index contributed by atoms with van der Waals surface area (Å²) < 4.78 is 37.1. The van der Waals surface area contributed by atoms with Crippen LogP contribution in [0.25, 0.3) is 0 Å². The molecule has 3 rings (SSSR count). The first-order chi connectivity index (χ1) is 12.0. The summed E-state index contributed by atoms with van der Waals surface area (Å²) in [5.41, 5.74) is 0.899. The quantitative estimate of drug-likeness (QED) is 0.821. The summed E-state index contributed by atoms with van der Waals surface area (Å²) in [5, 5.41) is 2.88. The number of rotatable bonds is 5. The number of thioether (sulfide) groups is 1. The summed E-state index contributed by atoms with van der Waals surface area (Å²) in [6.45, 7) is 2.90. The fourth-order valence-electron chi connectivity index (χ4n) is 2.41. The highest BCUT2D eigenvalue weighted by Gasteiger charge is 2.16. The SMILES string of the molecule is C[C@H](NC(=O)CSc1ccc(F)c(F)c1)c1ccc2c(c1)OCCO2. The van der Waals surface area contributed by atoms with E-state index in [9.17, 15) is 13.6 Å². The Morgan fingerprint density at radius 1 is 1.12 bits per heavy atom. The Morgan fingerprint density at radius 2 is 1.88 bits per heavy atom. The topological polar surface area (TPSA) is 47.6 Å². The summed E-state index contributed by atoms with van der Waals surface area (Å²) in [5.74, 6) is -0.545. The Morgan fingerprint density at radius 3 is 2.64 bits per heavy atom. The number of ether oxygens (including phenoxy) is 2. The molecular formula is C18H17F2NO3S. The fraction of sp³-hybridized carbons (Fsp3) is 0.278. The average Bonchev–Trinajstić information content (AvgIpc) is 2.62. The predicted octanol–water partition coefficient (Wildman–Crippen LogP) is 3.71.